The molecule has 1 aliphatic heterocycles. The summed E-state index contributed by atoms with van der Waals surface area (Å²) >= 11 is 0. The fraction of sp³-hybridized carbons (Fsp3) is 0.238. The lowest BCUT2D eigenvalue weighted by Crippen LogP contribution is -2.51. The minimum atomic E-state index is -3.98. The van der Waals surface area contributed by atoms with Gasteiger partial charge in [-0.3, -0.25) is 20.4 Å². The Hall–Kier alpha value is -3.24. The van der Waals surface area contributed by atoms with E-state index < -0.39 is 33.7 Å². The van der Waals surface area contributed by atoms with Crippen molar-refractivity contribution in [2.45, 2.75) is 23.8 Å². The van der Waals surface area contributed by atoms with Gasteiger partial charge in [0.2, 0.25) is 10.0 Å². The van der Waals surface area contributed by atoms with Crippen molar-refractivity contribution in [2.24, 2.45) is 7.05 Å². The first kappa shape index (κ1) is 21.0. The van der Waals surface area contributed by atoms with Crippen LogP contribution in [0.3, 0.4) is 0 Å². The zero-order valence-electron chi connectivity index (χ0n) is 16.7. The van der Waals surface area contributed by atoms with Gasteiger partial charge in [-0.15, -0.1) is 0 Å². The van der Waals surface area contributed by atoms with Crippen molar-refractivity contribution >= 4 is 32.7 Å². The van der Waals surface area contributed by atoms with Gasteiger partial charge in [-0.05, 0) is 43.2 Å². The Bertz CT molecular complexity index is 1250. The molecule has 0 spiro atoms. The lowest BCUT2D eigenvalue weighted by atomic mass is 10.2. The van der Waals surface area contributed by atoms with Gasteiger partial charge >= 0.3 is 0 Å². The Morgan fingerprint density at radius 1 is 1.06 bits per heavy atom. The van der Waals surface area contributed by atoms with Crippen molar-refractivity contribution in [2.75, 3.05) is 6.54 Å². The minimum Gasteiger partial charge on any atom is -0.350 e. The number of para-hydroxylation sites is 1. The van der Waals surface area contributed by atoms with Crippen LogP contribution in [0.2, 0.25) is 0 Å². The molecule has 0 radical (unpaired) electrons. The maximum Gasteiger partial charge on any atom is 0.271 e. The molecule has 0 aliphatic carbocycles. The second-order valence-corrected chi connectivity index (χ2v) is 9.23. The van der Waals surface area contributed by atoms with Crippen LogP contribution in [0.25, 0.3) is 10.9 Å². The van der Waals surface area contributed by atoms with E-state index in [-0.39, 0.29) is 11.4 Å². The molecule has 1 aromatic heterocycles. The number of rotatable bonds is 4. The second kappa shape index (κ2) is 8.12. The number of aromatic nitrogens is 1. The molecule has 31 heavy (non-hydrogen) atoms. The predicted molar refractivity (Wildman–Crippen MR) is 112 cm³/mol. The quantitative estimate of drug-likeness (QED) is 0.601. The smallest absolute Gasteiger partial charge is 0.271 e. The number of carbonyl (C=O) groups is 2. The maximum absolute atomic E-state index is 13.2. The maximum atomic E-state index is 13.2. The van der Waals surface area contributed by atoms with Crippen molar-refractivity contribution in [3.8, 4) is 0 Å². The monoisotopic (exact) mass is 444 g/mol. The Labute approximate surface area is 178 Å². The van der Waals surface area contributed by atoms with E-state index >= 15 is 0 Å². The van der Waals surface area contributed by atoms with Gasteiger partial charge in [0.15, 0.2) is 0 Å². The average Bonchev–Trinajstić information content (AvgIpc) is 3.38. The number of benzene rings is 2. The lowest BCUT2D eigenvalue weighted by Gasteiger charge is -2.23. The predicted octanol–water partition coefficient (Wildman–Crippen LogP) is 1.93. The molecule has 1 unspecified atom stereocenters. The summed E-state index contributed by atoms with van der Waals surface area (Å²) in [5, 5.41) is 0.734. The SMILES string of the molecule is Cn1cc(C(=O)NNC(=O)C2CCCN2S(=O)(=O)c2ccc(F)cc2)c2ccccc21. The number of nitrogens with zero attached hydrogens (tertiary/aromatic N) is 2. The highest BCUT2D eigenvalue weighted by Crippen LogP contribution is 2.26. The van der Waals surface area contributed by atoms with Gasteiger partial charge in [0.05, 0.1) is 10.5 Å². The summed E-state index contributed by atoms with van der Waals surface area (Å²) in [7, 11) is -2.16. The lowest BCUT2D eigenvalue weighted by molar-refractivity contribution is -0.125. The van der Waals surface area contributed by atoms with E-state index in [0.29, 0.717) is 18.4 Å². The number of nitrogens with one attached hydrogen (secondary N) is 2. The third-order valence-electron chi connectivity index (χ3n) is 5.37. The van der Waals surface area contributed by atoms with E-state index in [0.717, 1.165) is 27.3 Å². The number of hydrogen-bond acceptors (Lipinski definition) is 4. The van der Waals surface area contributed by atoms with Crippen LogP contribution in [0.4, 0.5) is 4.39 Å². The molecule has 1 atom stereocenters. The molecular weight excluding hydrogens is 423 g/mol. The second-order valence-electron chi connectivity index (χ2n) is 7.34. The average molecular weight is 444 g/mol. The largest absolute Gasteiger partial charge is 0.350 e. The molecule has 2 heterocycles. The first-order valence-electron chi connectivity index (χ1n) is 9.71. The fourth-order valence-corrected chi connectivity index (χ4v) is 5.48. The van der Waals surface area contributed by atoms with Crippen LogP contribution in [0.15, 0.2) is 59.6 Å². The van der Waals surface area contributed by atoms with Crippen molar-refractivity contribution < 1.29 is 22.4 Å². The summed E-state index contributed by atoms with van der Waals surface area (Å²) in [4.78, 5) is 25.2. The Morgan fingerprint density at radius 2 is 1.77 bits per heavy atom. The Morgan fingerprint density at radius 3 is 2.52 bits per heavy atom. The Balaban J connectivity index is 1.47. The standard InChI is InChI=1S/C21H21FN4O4S/c1-25-13-17(16-5-2-3-6-18(16)25)20(27)23-24-21(28)19-7-4-12-26(19)31(29,30)15-10-8-14(22)9-11-15/h2-3,5-6,8-11,13,19H,4,7,12H2,1H3,(H,23,27)(H,24,28). The zero-order chi connectivity index (χ0) is 22.2. The van der Waals surface area contributed by atoms with E-state index in [2.05, 4.69) is 10.9 Å². The van der Waals surface area contributed by atoms with Gasteiger partial charge in [0.25, 0.3) is 11.8 Å². The van der Waals surface area contributed by atoms with Crippen LogP contribution in [0, 0.1) is 5.82 Å². The van der Waals surface area contributed by atoms with Crippen LogP contribution in [0.1, 0.15) is 23.2 Å². The van der Waals surface area contributed by atoms with E-state index in [1.165, 1.54) is 12.1 Å². The molecule has 2 N–H and O–H groups in total. The molecule has 1 saturated heterocycles. The number of amides is 2. The first-order valence-corrected chi connectivity index (χ1v) is 11.1. The molecule has 3 aromatic rings. The molecule has 2 amide bonds. The summed E-state index contributed by atoms with van der Waals surface area (Å²) in [6.45, 7) is 0.162. The molecule has 4 rings (SSSR count). The van der Waals surface area contributed by atoms with Crippen LogP contribution >= 0.6 is 0 Å². The molecule has 10 heteroatoms. The summed E-state index contributed by atoms with van der Waals surface area (Å²) in [6, 6.07) is 10.8. The summed E-state index contributed by atoms with van der Waals surface area (Å²) in [6.07, 6.45) is 2.47. The van der Waals surface area contributed by atoms with Gasteiger partial charge in [-0.1, -0.05) is 18.2 Å². The molecular formula is C21H21FN4O4S. The highest BCUT2D eigenvalue weighted by molar-refractivity contribution is 7.89. The molecule has 1 fully saturated rings. The van der Waals surface area contributed by atoms with Crippen LogP contribution in [0.5, 0.6) is 0 Å². The number of aryl methyl sites for hydroxylation is 1. The van der Waals surface area contributed by atoms with Crippen LogP contribution < -0.4 is 10.9 Å². The van der Waals surface area contributed by atoms with Crippen LogP contribution in [-0.4, -0.2) is 41.7 Å². The minimum absolute atomic E-state index is 0.0895. The number of halogens is 1. The van der Waals surface area contributed by atoms with Gasteiger partial charge < -0.3 is 4.57 Å². The topological polar surface area (TPSA) is 101 Å². The van der Waals surface area contributed by atoms with E-state index in [9.17, 15) is 22.4 Å². The molecule has 8 nitrogen and oxygen atoms in total. The van der Waals surface area contributed by atoms with E-state index in [1.807, 2.05) is 25.2 Å². The molecule has 2 aromatic carbocycles. The fourth-order valence-electron chi connectivity index (χ4n) is 3.82. The molecule has 0 bridgehead atoms. The summed E-state index contributed by atoms with van der Waals surface area (Å²) in [5.74, 6) is -1.68. The van der Waals surface area contributed by atoms with Crippen molar-refractivity contribution in [1.29, 1.82) is 0 Å². The van der Waals surface area contributed by atoms with Gasteiger partial charge in [-0.2, -0.15) is 4.31 Å². The molecule has 0 saturated carbocycles. The van der Waals surface area contributed by atoms with Crippen molar-refractivity contribution in [3.63, 3.8) is 0 Å². The van der Waals surface area contributed by atoms with E-state index in [4.69, 9.17) is 0 Å². The highest BCUT2D eigenvalue weighted by Gasteiger charge is 2.39. The zero-order valence-corrected chi connectivity index (χ0v) is 17.5. The molecule has 162 valence electrons. The summed E-state index contributed by atoms with van der Waals surface area (Å²) in [5.41, 5.74) is 5.98. The third kappa shape index (κ3) is 3.91. The highest BCUT2D eigenvalue weighted by atomic mass is 32.2. The number of sulfonamides is 1. The third-order valence-corrected chi connectivity index (χ3v) is 7.29. The Kier molecular flexibility index (Phi) is 5.50. The molecule has 1 aliphatic rings. The normalized spacial score (nSPS) is 17.0. The van der Waals surface area contributed by atoms with E-state index in [1.54, 1.807) is 16.8 Å². The van der Waals surface area contributed by atoms with Crippen molar-refractivity contribution in [3.05, 3.63) is 66.1 Å². The number of fused-ring (bicyclic) bond motifs is 1. The van der Waals surface area contributed by atoms with Crippen LogP contribution in [-0.2, 0) is 21.9 Å². The number of hydrazine groups is 1. The van der Waals surface area contributed by atoms with Gasteiger partial charge in [-0.25, -0.2) is 12.8 Å². The van der Waals surface area contributed by atoms with Crippen molar-refractivity contribution in [1.82, 2.24) is 19.7 Å². The number of carbonyl (C=O) groups excluding carboxylic acids is 2. The van der Waals surface area contributed by atoms with Gasteiger partial charge in [0, 0.05) is 30.7 Å². The summed E-state index contributed by atoms with van der Waals surface area (Å²) < 4.78 is 41.9. The first-order chi connectivity index (χ1) is 14.8. The number of hydrogen-bond donors (Lipinski definition) is 2. The van der Waals surface area contributed by atoms with Gasteiger partial charge in [0.1, 0.15) is 11.9 Å².